The second-order valence-electron chi connectivity index (χ2n) is 7.14. The van der Waals surface area contributed by atoms with Gasteiger partial charge in [0.25, 0.3) is 5.56 Å². The molecular weight excluding hydrogens is 380 g/mol. The fourth-order valence-corrected chi connectivity index (χ4v) is 3.46. The van der Waals surface area contributed by atoms with Crippen molar-refractivity contribution < 1.29 is 14.3 Å². The number of piperazine rings is 1. The zero-order valence-electron chi connectivity index (χ0n) is 17.1. The van der Waals surface area contributed by atoms with Crippen LogP contribution in [0.5, 0.6) is 0 Å². The lowest BCUT2D eigenvalue weighted by atomic mass is 10.2. The summed E-state index contributed by atoms with van der Waals surface area (Å²) in [4.78, 5) is 58.9. The van der Waals surface area contributed by atoms with Gasteiger partial charge in [-0.15, -0.1) is 0 Å². The first kappa shape index (κ1) is 20.8. The van der Waals surface area contributed by atoms with Gasteiger partial charge in [0.05, 0.1) is 19.2 Å². The quantitative estimate of drug-likeness (QED) is 0.732. The molecule has 0 radical (unpaired) electrons. The molecule has 3 rings (SSSR count). The molecule has 0 spiro atoms. The van der Waals surface area contributed by atoms with Crippen molar-refractivity contribution >= 4 is 23.0 Å². The Hall–Kier alpha value is -2.95. The van der Waals surface area contributed by atoms with Crippen molar-refractivity contribution in [2.45, 2.75) is 33.4 Å². The molecule has 158 valence electrons. The van der Waals surface area contributed by atoms with Crippen LogP contribution < -0.4 is 11.2 Å². The van der Waals surface area contributed by atoms with Crippen LogP contribution in [0.4, 0.5) is 4.79 Å². The zero-order chi connectivity index (χ0) is 21.3. The summed E-state index contributed by atoms with van der Waals surface area (Å²) >= 11 is 0. The average Bonchev–Trinajstić information content (AvgIpc) is 3.06. The van der Waals surface area contributed by atoms with Crippen molar-refractivity contribution in [1.82, 2.24) is 28.9 Å². The van der Waals surface area contributed by atoms with Gasteiger partial charge in [0.1, 0.15) is 5.82 Å². The van der Waals surface area contributed by atoms with Crippen molar-refractivity contribution in [1.29, 1.82) is 0 Å². The smallest absolute Gasteiger partial charge is 0.409 e. The van der Waals surface area contributed by atoms with E-state index in [1.54, 1.807) is 23.3 Å². The van der Waals surface area contributed by atoms with Gasteiger partial charge in [0, 0.05) is 33.2 Å². The number of aryl methyl sites for hydroxylation is 1. The van der Waals surface area contributed by atoms with Crippen molar-refractivity contribution in [3.05, 3.63) is 26.7 Å². The minimum Gasteiger partial charge on any atom is -0.450 e. The van der Waals surface area contributed by atoms with Gasteiger partial charge in [-0.3, -0.25) is 24.0 Å². The normalized spacial score (nSPS) is 16.2. The standard InChI is InChI=1S/C18H26N6O5/c1-5-29-18(28)23-8-6-22(7-9-23)10-13-19-15-14(24(13)11(2)12(3)25)16(26)20-17(27)21(15)4/h11H,5-10H2,1-4H3,(H,20,26,27)/t11-/m0/s1. The van der Waals surface area contributed by atoms with Crippen LogP contribution in [0.3, 0.4) is 0 Å². The maximum absolute atomic E-state index is 12.5. The molecule has 1 saturated heterocycles. The lowest BCUT2D eigenvalue weighted by Gasteiger charge is -2.34. The number of aromatic amines is 1. The van der Waals surface area contributed by atoms with Crippen molar-refractivity contribution in [2.24, 2.45) is 7.05 Å². The van der Waals surface area contributed by atoms with E-state index < -0.39 is 17.3 Å². The number of fused-ring (bicyclic) bond motifs is 1. The van der Waals surface area contributed by atoms with E-state index in [1.807, 2.05) is 0 Å². The predicted molar refractivity (Wildman–Crippen MR) is 105 cm³/mol. The molecule has 1 aliphatic heterocycles. The van der Waals surface area contributed by atoms with Gasteiger partial charge in [-0.2, -0.15) is 0 Å². The van der Waals surface area contributed by atoms with Gasteiger partial charge in [-0.1, -0.05) is 0 Å². The van der Waals surface area contributed by atoms with E-state index in [2.05, 4.69) is 14.9 Å². The van der Waals surface area contributed by atoms with E-state index >= 15 is 0 Å². The molecule has 2 aromatic heterocycles. The highest BCUT2D eigenvalue weighted by molar-refractivity contribution is 5.82. The van der Waals surface area contributed by atoms with E-state index in [4.69, 9.17) is 4.74 Å². The second-order valence-corrected chi connectivity index (χ2v) is 7.14. The summed E-state index contributed by atoms with van der Waals surface area (Å²) in [5.41, 5.74) is -0.679. The number of nitrogens with one attached hydrogen (secondary N) is 1. The van der Waals surface area contributed by atoms with Gasteiger partial charge >= 0.3 is 11.8 Å². The Kier molecular flexibility index (Phi) is 5.87. The van der Waals surface area contributed by atoms with Crippen molar-refractivity contribution in [3.63, 3.8) is 0 Å². The number of ether oxygens (including phenoxy) is 1. The Bertz CT molecular complexity index is 1040. The minimum absolute atomic E-state index is 0.120. The second kappa shape index (κ2) is 8.19. The summed E-state index contributed by atoms with van der Waals surface area (Å²) < 4.78 is 7.90. The third-order valence-electron chi connectivity index (χ3n) is 5.26. The van der Waals surface area contributed by atoms with Crippen molar-refractivity contribution in [3.8, 4) is 0 Å². The minimum atomic E-state index is -0.602. The van der Waals surface area contributed by atoms with E-state index in [-0.39, 0.29) is 23.0 Å². The Morgan fingerprint density at radius 3 is 2.45 bits per heavy atom. The third kappa shape index (κ3) is 3.95. The first-order chi connectivity index (χ1) is 13.7. The molecule has 0 saturated carbocycles. The van der Waals surface area contributed by atoms with Gasteiger partial charge in [-0.05, 0) is 20.8 Å². The average molecular weight is 406 g/mol. The molecule has 11 nitrogen and oxygen atoms in total. The Balaban J connectivity index is 1.93. The van der Waals surface area contributed by atoms with E-state index in [0.717, 1.165) is 0 Å². The van der Waals surface area contributed by atoms with Gasteiger partial charge in [0.2, 0.25) is 0 Å². The molecule has 0 aliphatic carbocycles. The fourth-order valence-electron chi connectivity index (χ4n) is 3.46. The highest BCUT2D eigenvalue weighted by atomic mass is 16.6. The molecule has 11 heteroatoms. The van der Waals surface area contributed by atoms with Crippen LogP contribution in [0.15, 0.2) is 9.59 Å². The highest BCUT2D eigenvalue weighted by Crippen LogP contribution is 2.20. The number of H-pyrrole nitrogens is 1. The topological polar surface area (TPSA) is 123 Å². The summed E-state index contributed by atoms with van der Waals surface area (Å²) in [5, 5.41) is 0. The SMILES string of the molecule is CCOC(=O)N1CCN(Cc2nc3c(c(=O)[nH]c(=O)n3C)n2[C@@H](C)C(C)=O)CC1. The van der Waals surface area contributed by atoms with Crippen LogP contribution in [-0.2, 0) is 23.1 Å². The largest absolute Gasteiger partial charge is 0.450 e. The number of hydrogen-bond donors (Lipinski definition) is 1. The van der Waals surface area contributed by atoms with Crippen LogP contribution in [0.1, 0.15) is 32.6 Å². The molecule has 3 heterocycles. The van der Waals surface area contributed by atoms with Gasteiger partial charge in [0.15, 0.2) is 16.9 Å². The number of hydrogen-bond acceptors (Lipinski definition) is 7. The maximum Gasteiger partial charge on any atom is 0.409 e. The van der Waals surface area contributed by atoms with E-state index in [1.165, 1.54) is 18.5 Å². The molecule has 1 fully saturated rings. The number of ketones is 1. The van der Waals surface area contributed by atoms with Gasteiger partial charge in [-0.25, -0.2) is 14.6 Å². The van der Waals surface area contributed by atoms with Crippen LogP contribution in [0.2, 0.25) is 0 Å². The number of rotatable bonds is 5. The summed E-state index contributed by atoms with van der Waals surface area (Å²) in [6.45, 7) is 7.88. The van der Waals surface area contributed by atoms with Crippen LogP contribution in [0.25, 0.3) is 11.2 Å². The number of Topliss-reactive ketones (excluding diaryl/α,β-unsaturated/α-hetero) is 1. The Labute approximate surface area is 166 Å². The lowest BCUT2D eigenvalue weighted by molar-refractivity contribution is -0.119. The van der Waals surface area contributed by atoms with E-state index in [0.29, 0.717) is 45.2 Å². The first-order valence-corrected chi connectivity index (χ1v) is 9.59. The molecule has 2 aromatic rings. The first-order valence-electron chi connectivity index (χ1n) is 9.59. The van der Waals surface area contributed by atoms with Crippen LogP contribution in [-0.4, -0.2) is 73.6 Å². The highest BCUT2D eigenvalue weighted by Gasteiger charge is 2.27. The molecule has 1 N–H and O–H groups in total. The summed E-state index contributed by atoms with van der Waals surface area (Å²) in [7, 11) is 1.53. The van der Waals surface area contributed by atoms with Crippen LogP contribution in [0, 0.1) is 0 Å². The third-order valence-corrected chi connectivity index (χ3v) is 5.26. The number of carbonyl (C=O) groups excluding carboxylic acids is 2. The van der Waals surface area contributed by atoms with E-state index in [9.17, 15) is 19.2 Å². The molecule has 0 unspecified atom stereocenters. The Morgan fingerprint density at radius 2 is 1.86 bits per heavy atom. The number of carbonyl (C=O) groups is 2. The predicted octanol–water partition coefficient (Wildman–Crippen LogP) is -0.153. The number of amides is 1. The van der Waals surface area contributed by atoms with Crippen molar-refractivity contribution in [2.75, 3.05) is 32.8 Å². The lowest BCUT2D eigenvalue weighted by Crippen LogP contribution is -2.48. The molecule has 1 amide bonds. The molecule has 29 heavy (non-hydrogen) atoms. The molecule has 1 aliphatic rings. The summed E-state index contributed by atoms with van der Waals surface area (Å²) in [6, 6.07) is -0.602. The molecular formula is C18H26N6O5. The van der Waals surface area contributed by atoms with Gasteiger partial charge < -0.3 is 14.2 Å². The monoisotopic (exact) mass is 406 g/mol. The molecule has 0 bridgehead atoms. The van der Waals surface area contributed by atoms with Crippen LogP contribution >= 0.6 is 0 Å². The Morgan fingerprint density at radius 1 is 1.21 bits per heavy atom. The maximum atomic E-state index is 12.5. The molecule has 1 atom stereocenters. The summed E-state index contributed by atoms with van der Waals surface area (Å²) in [6.07, 6.45) is -0.328. The molecule has 0 aromatic carbocycles. The number of imidazole rings is 1. The number of nitrogens with zero attached hydrogens (tertiary/aromatic N) is 5. The summed E-state index contributed by atoms with van der Waals surface area (Å²) in [5.74, 6) is 0.407. The zero-order valence-corrected chi connectivity index (χ0v) is 17.1. The number of aromatic nitrogens is 4. The fraction of sp³-hybridized carbons (Fsp3) is 0.611.